The van der Waals surface area contributed by atoms with Crippen LogP contribution in [0.2, 0.25) is 0 Å². The molecular formula is C14H11NO2. The number of benzene rings is 2. The van der Waals surface area contributed by atoms with Crippen LogP contribution in [0.4, 0.5) is 0 Å². The number of nitrogens with zero attached hydrogens (tertiary/aromatic N) is 1. The minimum Gasteiger partial charge on any atom is -0.363 e. The van der Waals surface area contributed by atoms with Crippen molar-refractivity contribution in [2.24, 2.45) is 0 Å². The first-order valence-electron chi connectivity index (χ1n) is 5.41. The van der Waals surface area contributed by atoms with Gasteiger partial charge in [0.25, 0.3) is 0 Å². The topological polar surface area (TPSA) is 53.4 Å². The fraction of sp³-hybridized carbons (Fsp3) is 0.0714. The predicted molar refractivity (Wildman–Crippen MR) is 66.4 cm³/mol. The van der Waals surface area contributed by atoms with Gasteiger partial charge in [-0.15, -0.1) is 0 Å². The van der Waals surface area contributed by atoms with Crippen LogP contribution in [-0.4, -0.2) is 15.2 Å². The van der Waals surface area contributed by atoms with E-state index in [4.69, 9.17) is 0 Å². The largest absolute Gasteiger partial charge is 0.363 e. The molecular weight excluding hydrogens is 214 g/mol. The van der Waals surface area contributed by atoms with E-state index in [0.717, 1.165) is 21.7 Å². The first kappa shape index (κ1) is 10.2. The quantitative estimate of drug-likeness (QED) is 0.494. The van der Waals surface area contributed by atoms with Crippen LogP contribution < -0.4 is 0 Å². The number of pyridine rings is 1. The van der Waals surface area contributed by atoms with Gasteiger partial charge in [-0.25, -0.2) is 4.98 Å². The first-order chi connectivity index (χ1) is 8.27. The van der Waals surface area contributed by atoms with E-state index >= 15 is 0 Å². The van der Waals surface area contributed by atoms with E-state index in [9.17, 15) is 10.2 Å². The van der Waals surface area contributed by atoms with E-state index in [-0.39, 0.29) is 0 Å². The van der Waals surface area contributed by atoms with Crippen LogP contribution in [0.3, 0.4) is 0 Å². The maximum absolute atomic E-state index is 9.37. The van der Waals surface area contributed by atoms with E-state index in [1.807, 2.05) is 48.5 Å². The first-order valence-corrected chi connectivity index (χ1v) is 5.41. The lowest BCUT2D eigenvalue weighted by Crippen LogP contribution is -2.00. The van der Waals surface area contributed by atoms with Crippen LogP contribution in [0.1, 0.15) is 12.0 Å². The molecule has 0 saturated carbocycles. The number of rotatable bonds is 1. The predicted octanol–water partition coefficient (Wildman–Crippen LogP) is 2.37. The van der Waals surface area contributed by atoms with Gasteiger partial charge in [0.15, 0.2) is 6.29 Å². The second kappa shape index (κ2) is 3.80. The summed E-state index contributed by atoms with van der Waals surface area (Å²) in [6, 6.07) is 15.3. The van der Waals surface area contributed by atoms with E-state index in [0.29, 0.717) is 5.69 Å². The average Bonchev–Trinajstić information content (AvgIpc) is 2.37. The molecule has 2 aromatic carbocycles. The lowest BCUT2D eigenvalue weighted by atomic mass is 10.0. The van der Waals surface area contributed by atoms with Crippen molar-refractivity contribution in [2.45, 2.75) is 6.29 Å². The van der Waals surface area contributed by atoms with Gasteiger partial charge in [0, 0.05) is 10.8 Å². The van der Waals surface area contributed by atoms with Crippen LogP contribution >= 0.6 is 0 Å². The highest BCUT2D eigenvalue weighted by Crippen LogP contribution is 2.28. The van der Waals surface area contributed by atoms with Crippen LogP contribution in [-0.2, 0) is 0 Å². The number of aliphatic hydroxyl groups excluding tert-OH is 1. The minimum atomic E-state index is -1.55. The summed E-state index contributed by atoms with van der Waals surface area (Å²) in [6.07, 6.45) is -1.55. The third-order valence-corrected chi connectivity index (χ3v) is 2.88. The summed E-state index contributed by atoms with van der Waals surface area (Å²) in [5.74, 6) is 0. The number of aliphatic hydroxyl groups is 2. The Morgan fingerprint density at radius 3 is 2.06 bits per heavy atom. The molecule has 0 radical (unpaired) electrons. The molecule has 0 spiro atoms. The Labute approximate surface area is 98.0 Å². The van der Waals surface area contributed by atoms with Gasteiger partial charge >= 0.3 is 0 Å². The van der Waals surface area contributed by atoms with Gasteiger partial charge in [-0.05, 0) is 11.5 Å². The summed E-state index contributed by atoms with van der Waals surface area (Å²) in [5.41, 5.74) is 1.08. The second-order valence-electron chi connectivity index (χ2n) is 3.93. The molecule has 0 bridgehead atoms. The summed E-state index contributed by atoms with van der Waals surface area (Å²) in [4.78, 5) is 4.30. The van der Waals surface area contributed by atoms with Crippen LogP contribution in [0.5, 0.6) is 0 Å². The molecule has 3 aromatic rings. The zero-order valence-corrected chi connectivity index (χ0v) is 9.04. The number of hydrogen-bond donors (Lipinski definition) is 2. The minimum absolute atomic E-state index is 0.305. The highest BCUT2D eigenvalue weighted by molar-refractivity contribution is 6.06. The van der Waals surface area contributed by atoms with Gasteiger partial charge in [-0.2, -0.15) is 0 Å². The summed E-state index contributed by atoms with van der Waals surface area (Å²) < 4.78 is 0. The molecule has 3 heteroatoms. The molecule has 0 saturated heterocycles. The molecule has 2 N–H and O–H groups in total. The monoisotopic (exact) mass is 225 g/mol. The summed E-state index contributed by atoms with van der Waals surface area (Å²) in [6.45, 7) is 0. The number of aromatic nitrogens is 1. The van der Waals surface area contributed by atoms with Crippen LogP contribution in [0, 0.1) is 0 Å². The van der Waals surface area contributed by atoms with Crippen molar-refractivity contribution in [1.82, 2.24) is 4.98 Å². The van der Waals surface area contributed by atoms with Gasteiger partial charge in [0.05, 0.1) is 5.52 Å². The molecule has 0 amide bonds. The van der Waals surface area contributed by atoms with Crippen molar-refractivity contribution in [1.29, 1.82) is 0 Å². The van der Waals surface area contributed by atoms with Crippen molar-refractivity contribution in [3.05, 3.63) is 54.2 Å². The molecule has 0 fully saturated rings. The van der Waals surface area contributed by atoms with Crippen LogP contribution in [0.15, 0.2) is 48.5 Å². The Kier molecular flexibility index (Phi) is 2.28. The van der Waals surface area contributed by atoms with Gasteiger partial charge in [-0.3, -0.25) is 0 Å². The van der Waals surface area contributed by atoms with E-state index < -0.39 is 6.29 Å². The Morgan fingerprint density at radius 2 is 1.35 bits per heavy atom. The van der Waals surface area contributed by atoms with Crippen LogP contribution in [0.25, 0.3) is 21.7 Å². The molecule has 1 heterocycles. The smallest absolute Gasteiger partial charge is 0.196 e. The maximum Gasteiger partial charge on any atom is 0.196 e. The maximum atomic E-state index is 9.37. The molecule has 3 nitrogen and oxygen atoms in total. The third-order valence-electron chi connectivity index (χ3n) is 2.88. The molecule has 0 aliphatic rings. The van der Waals surface area contributed by atoms with Crippen molar-refractivity contribution in [3.63, 3.8) is 0 Å². The summed E-state index contributed by atoms with van der Waals surface area (Å²) >= 11 is 0. The van der Waals surface area contributed by atoms with Crippen molar-refractivity contribution >= 4 is 21.7 Å². The van der Waals surface area contributed by atoms with Crippen molar-refractivity contribution in [3.8, 4) is 0 Å². The lowest BCUT2D eigenvalue weighted by molar-refractivity contribution is -0.0443. The highest BCUT2D eigenvalue weighted by Gasteiger charge is 2.12. The van der Waals surface area contributed by atoms with Gasteiger partial charge in [0.1, 0.15) is 5.69 Å². The average molecular weight is 225 g/mol. The number of para-hydroxylation sites is 1. The molecule has 0 atom stereocenters. The fourth-order valence-corrected chi connectivity index (χ4v) is 2.13. The molecule has 1 aromatic heterocycles. The molecule has 0 unspecified atom stereocenters. The Bertz CT molecular complexity index is 692. The van der Waals surface area contributed by atoms with Crippen molar-refractivity contribution < 1.29 is 10.2 Å². The summed E-state index contributed by atoms with van der Waals surface area (Å²) in [5, 5.41) is 21.5. The molecule has 0 aliphatic carbocycles. The SMILES string of the molecule is OC(O)c1nc2ccccc2c2ccccc12. The highest BCUT2D eigenvalue weighted by atomic mass is 16.5. The normalized spacial score (nSPS) is 11.5. The Balaban J connectivity index is 2.55. The number of hydrogen-bond acceptors (Lipinski definition) is 3. The zero-order chi connectivity index (χ0) is 11.8. The summed E-state index contributed by atoms with van der Waals surface area (Å²) in [7, 11) is 0. The lowest BCUT2D eigenvalue weighted by Gasteiger charge is -2.10. The van der Waals surface area contributed by atoms with E-state index in [1.165, 1.54) is 0 Å². The Morgan fingerprint density at radius 1 is 0.765 bits per heavy atom. The van der Waals surface area contributed by atoms with Gasteiger partial charge < -0.3 is 10.2 Å². The number of fused-ring (bicyclic) bond motifs is 3. The molecule has 17 heavy (non-hydrogen) atoms. The molecule has 0 aliphatic heterocycles. The van der Waals surface area contributed by atoms with Crippen molar-refractivity contribution in [2.75, 3.05) is 0 Å². The molecule has 3 rings (SSSR count). The van der Waals surface area contributed by atoms with E-state index in [1.54, 1.807) is 0 Å². The second-order valence-corrected chi connectivity index (χ2v) is 3.93. The van der Waals surface area contributed by atoms with E-state index in [2.05, 4.69) is 4.98 Å². The third kappa shape index (κ3) is 1.56. The van der Waals surface area contributed by atoms with Gasteiger partial charge in [0.2, 0.25) is 0 Å². The zero-order valence-electron chi connectivity index (χ0n) is 9.04. The molecule has 84 valence electrons. The fourth-order valence-electron chi connectivity index (χ4n) is 2.13. The van der Waals surface area contributed by atoms with Gasteiger partial charge in [-0.1, -0.05) is 42.5 Å². The Hall–Kier alpha value is -1.97. The standard InChI is InChI=1S/C14H11NO2/c16-14(17)13-11-7-2-1-5-9(11)10-6-3-4-8-12(10)15-13/h1-8,14,16-17H.